The fourth-order valence-corrected chi connectivity index (χ4v) is 4.25. The Bertz CT molecular complexity index is 749. The summed E-state index contributed by atoms with van der Waals surface area (Å²) in [5, 5.41) is 3.21. The summed E-state index contributed by atoms with van der Waals surface area (Å²) < 4.78 is 0. The topological polar surface area (TPSA) is 49.4 Å². The highest BCUT2D eigenvalue weighted by Crippen LogP contribution is 2.30. The molecule has 1 heterocycles. The maximum Gasteiger partial charge on any atom is 0.264 e. The van der Waals surface area contributed by atoms with E-state index in [2.05, 4.69) is 5.32 Å². The fraction of sp³-hybridized carbons (Fsp3) is 0.333. The summed E-state index contributed by atoms with van der Waals surface area (Å²) in [5.74, 6) is -0.371. The Hall–Kier alpha value is -1.85. The maximum absolute atomic E-state index is 12.5. The lowest BCUT2D eigenvalue weighted by atomic mass is 9.99. The average molecular weight is 363 g/mol. The molecule has 0 saturated heterocycles. The lowest BCUT2D eigenvalue weighted by Crippen LogP contribution is -2.34. The number of nitrogens with one attached hydrogen (secondary N) is 1. The zero-order chi connectivity index (χ0) is 17.1. The number of nitrogens with zero attached hydrogens (tertiary/aromatic N) is 1. The molecule has 3 rings (SSSR count). The van der Waals surface area contributed by atoms with Crippen molar-refractivity contribution in [3.8, 4) is 0 Å². The van der Waals surface area contributed by atoms with Crippen molar-refractivity contribution in [3.05, 3.63) is 50.7 Å². The number of para-hydroxylation sites is 1. The van der Waals surface area contributed by atoms with Gasteiger partial charge >= 0.3 is 0 Å². The highest BCUT2D eigenvalue weighted by molar-refractivity contribution is 7.14. The van der Waals surface area contributed by atoms with Gasteiger partial charge in [-0.05, 0) is 49.4 Å². The summed E-state index contributed by atoms with van der Waals surface area (Å²) in [6.45, 7) is -0.00732. The highest BCUT2D eigenvalue weighted by atomic mass is 35.5. The predicted octanol–water partition coefficient (Wildman–Crippen LogP) is 3.99. The third-order valence-corrected chi connectivity index (χ3v) is 5.64. The molecule has 1 aliphatic carbocycles. The number of anilines is 1. The maximum atomic E-state index is 12.5. The summed E-state index contributed by atoms with van der Waals surface area (Å²) in [6, 6.07) is 9.03. The van der Waals surface area contributed by atoms with Gasteiger partial charge in [0.15, 0.2) is 0 Å². The van der Waals surface area contributed by atoms with Crippen LogP contribution in [-0.2, 0) is 17.6 Å². The minimum atomic E-state index is -0.264. The van der Waals surface area contributed by atoms with Crippen molar-refractivity contribution in [2.45, 2.75) is 25.7 Å². The van der Waals surface area contributed by atoms with Gasteiger partial charge in [0.1, 0.15) is 0 Å². The smallest absolute Gasteiger partial charge is 0.264 e. The number of benzene rings is 1. The van der Waals surface area contributed by atoms with Crippen LogP contribution >= 0.6 is 22.9 Å². The molecule has 1 aliphatic rings. The van der Waals surface area contributed by atoms with Crippen LogP contribution in [0.2, 0.25) is 5.02 Å². The molecule has 126 valence electrons. The summed E-state index contributed by atoms with van der Waals surface area (Å²) in [5.41, 5.74) is 1.85. The van der Waals surface area contributed by atoms with Crippen molar-refractivity contribution >= 4 is 40.4 Å². The van der Waals surface area contributed by atoms with Crippen LogP contribution in [0.1, 0.15) is 33.0 Å². The molecule has 0 spiro atoms. The second-order valence-corrected chi connectivity index (χ2v) is 7.50. The molecule has 0 atom stereocenters. The van der Waals surface area contributed by atoms with Crippen LogP contribution in [0.25, 0.3) is 0 Å². The van der Waals surface area contributed by atoms with Crippen molar-refractivity contribution in [2.24, 2.45) is 0 Å². The first kappa shape index (κ1) is 17.0. The summed E-state index contributed by atoms with van der Waals surface area (Å²) >= 11 is 7.59. The monoisotopic (exact) mass is 362 g/mol. The molecule has 2 amide bonds. The first-order valence-electron chi connectivity index (χ1n) is 7.96. The molecule has 0 bridgehead atoms. The Kier molecular flexibility index (Phi) is 5.21. The Morgan fingerprint density at radius 3 is 2.75 bits per heavy atom. The number of hydrogen-bond acceptors (Lipinski definition) is 3. The third kappa shape index (κ3) is 3.79. The fourth-order valence-electron chi connectivity index (χ4n) is 2.82. The normalized spacial score (nSPS) is 13.2. The number of likely N-dealkylation sites (N-methyl/N-ethyl adjacent to an activating group) is 1. The molecule has 0 unspecified atom stereocenters. The molecule has 0 fully saturated rings. The van der Waals surface area contributed by atoms with Crippen LogP contribution in [0.3, 0.4) is 0 Å². The zero-order valence-corrected chi connectivity index (χ0v) is 15.0. The predicted molar refractivity (Wildman–Crippen MR) is 98.0 cm³/mol. The van der Waals surface area contributed by atoms with Gasteiger partial charge in [-0.2, -0.15) is 0 Å². The van der Waals surface area contributed by atoms with Crippen LogP contribution in [0.4, 0.5) is 5.69 Å². The second kappa shape index (κ2) is 7.36. The van der Waals surface area contributed by atoms with Crippen LogP contribution in [0.5, 0.6) is 0 Å². The van der Waals surface area contributed by atoms with Gasteiger partial charge in [0.05, 0.1) is 22.1 Å². The van der Waals surface area contributed by atoms with Crippen molar-refractivity contribution in [1.29, 1.82) is 0 Å². The van der Waals surface area contributed by atoms with Crippen molar-refractivity contribution in [1.82, 2.24) is 4.90 Å². The Morgan fingerprint density at radius 2 is 2.00 bits per heavy atom. The van der Waals surface area contributed by atoms with E-state index in [9.17, 15) is 9.59 Å². The van der Waals surface area contributed by atoms with Gasteiger partial charge < -0.3 is 10.2 Å². The SMILES string of the molecule is CN(CC(=O)Nc1ccccc1Cl)C(=O)c1cc2c(s1)CCCC2. The Labute approximate surface area is 150 Å². The van der Waals surface area contributed by atoms with Crippen molar-refractivity contribution < 1.29 is 9.59 Å². The summed E-state index contributed by atoms with van der Waals surface area (Å²) in [7, 11) is 1.65. The van der Waals surface area contributed by atoms with Gasteiger partial charge in [-0.25, -0.2) is 0 Å². The third-order valence-electron chi connectivity index (χ3n) is 4.08. The molecule has 1 N–H and O–H groups in total. The van der Waals surface area contributed by atoms with Gasteiger partial charge in [-0.1, -0.05) is 23.7 Å². The highest BCUT2D eigenvalue weighted by Gasteiger charge is 2.21. The lowest BCUT2D eigenvalue weighted by Gasteiger charge is -2.16. The number of fused-ring (bicyclic) bond motifs is 1. The molecule has 1 aromatic carbocycles. The van der Waals surface area contributed by atoms with E-state index in [0.29, 0.717) is 10.7 Å². The molecule has 1 aromatic heterocycles. The van der Waals surface area contributed by atoms with E-state index < -0.39 is 0 Å². The number of carbonyl (C=O) groups is 2. The lowest BCUT2D eigenvalue weighted by molar-refractivity contribution is -0.116. The molecular weight excluding hydrogens is 344 g/mol. The molecule has 4 nitrogen and oxygen atoms in total. The number of hydrogen-bond donors (Lipinski definition) is 1. The van der Waals surface area contributed by atoms with E-state index in [-0.39, 0.29) is 18.4 Å². The standard InChI is InChI=1S/C18H19ClN2O2S/c1-21(11-17(22)20-14-8-4-3-7-13(14)19)18(23)16-10-12-6-2-5-9-15(12)24-16/h3-4,7-8,10H,2,5-6,9,11H2,1H3,(H,20,22). The van der Waals surface area contributed by atoms with Crippen molar-refractivity contribution in [3.63, 3.8) is 0 Å². The number of carbonyl (C=O) groups excluding carboxylic acids is 2. The van der Waals surface area contributed by atoms with E-state index in [1.54, 1.807) is 42.6 Å². The number of rotatable bonds is 4. The molecule has 6 heteroatoms. The average Bonchev–Trinajstić information content (AvgIpc) is 3.00. The molecule has 0 saturated carbocycles. The van der Waals surface area contributed by atoms with Gasteiger partial charge in [0, 0.05) is 11.9 Å². The van der Waals surface area contributed by atoms with Crippen LogP contribution in [0.15, 0.2) is 30.3 Å². The first-order valence-corrected chi connectivity index (χ1v) is 9.15. The molecule has 2 aromatic rings. The molecule has 0 radical (unpaired) electrons. The van der Waals surface area contributed by atoms with E-state index in [4.69, 9.17) is 11.6 Å². The van der Waals surface area contributed by atoms with E-state index in [0.717, 1.165) is 17.7 Å². The second-order valence-electron chi connectivity index (χ2n) is 5.96. The Morgan fingerprint density at radius 1 is 1.25 bits per heavy atom. The van der Waals surface area contributed by atoms with Crippen LogP contribution in [0, 0.1) is 0 Å². The van der Waals surface area contributed by atoms with Crippen LogP contribution < -0.4 is 5.32 Å². The van der Waals surface area contributed by atoms with Gasteiger partial charge in [0.2, 0.25) is 5.91 Å². The number of halogens is 1. The Balaban J connectivity index is 1.62. The quantitative estimate of drug-likeness (QED) is 0.893. The molecule has 24 heavy (non-hydrogen) atoms. The molecular formula is C18H19ClN2O2S. The van der Waals surface area contributed by atoms with Gasteiger partial charge in [-0.3, -0.25) is 9.59 Å². The van der Waals surface area contributed by atoms with E-state index in [1.807, 2.05) is 6.07 Å². The minimum absolute atomic E-state index is 0.00732. The summed E-state index contributed by atoms with van der Waals surface area (Å²) in [4.78, 5) is 28.2. The first-order chi connectivity index (χ1) is 11.5. The zero-order valence-electron chi connectivity index (χ0n) is 13.5. The van der Waals surface area contributed by atoms with E-state index >= 15 is 0 Å². The molecule has 0 aliphatic heterocycles. The van der Waals surface area contributed by atoms with Crippen LogP contribution in [-0.4, -0.2) is 30.3 Å². The minimum Gasteiger partial charge on any atom is -0.332 e. The number of thiophene rings is 1. The van der Waals surface area contributed by atoms with Crippen molar-refractivity contribution in [2.75, 3.05) is 18.9 Å². The van der Waals surface area contributed by atoms with E-state index in [1.165, 1.54) is 28.2 Å². The largest absolute Gasteiger partial charge is 0.332 e. The number of amides is 2. The van der Waals surface area contributed by atoms with Gasteiger partial charge in [-0.15, -0.1) is 11.3 Å². The number of aryl methyl sites for hydroxylation is 2. The van der Waals surface area contributed by atoms with Gasteiger partial charge in [0.25, 0.3) is 5.91 Å². The summed E-state index contributed by atoms with van der Waals surface area (Å²) in [6.07, 6.45) is 4.49.